The van der Waals surface area contributed by atoms with Crippen molar-refractivity contribution in [2.24, 2.45) is 5.41 Å². The van der Waals surface area contributed by atoms with Crippen LogP contribution in [0, 0.1) is 5.41 Å². The molecule has 0 fully saturated rings. The quantitative estimate of drug-likeness (QED) is 0.248. The Balaban J connectivity index is 3.93. The Kier molecular flexibility index (Phi) is 8.57. The summed E-state index contributed by atoms with van der Waals surface area (Å²) in [6, 6.07) is 0. The van der Waals surface area contributed by atoms with Crippen LogP contribution in [-0.4, -0.2) is 63.0 Å². The minimum absolute atomic E-state index is 0.171. The van der Waals surface area contributed by atoms with Gasteiger partial charge in [0.1, 0.15) is 13.2 Å². The van der Waals surface area contributed by atoms with Crippen LogP contribution < -0.4 is 0 Å². The normalized spacial score (nSPS) is 13.2. The highest BCUT2D eigenvalue weighted by Crippen LogP contribution is 2.21. The smallest absolute Gasteiger partial charge is 0.311 e. The third-order valence-electron chi connectivity index (χ3n) is 4.02. The van der Waals surface area contributed by atoms with Gasteiger partial charge in [0, 0.05) is 5.75 Å². The Labute approximate surface area is 135 Å². The molecule has 0 aliphatic rings. The molecule has 0 aromatic rings. The van der Waals surface area contributed by atoms with Crippen LogP contribution in [0.5, 0.6) is 0 Å². The van der Waals surface area contributed by atoms with E-state index in [2.05, 4.69) is 0 Å². The Bertz CT molecular complexity index is 443. The molecule has 0 rings (SSSR count). The first-order valence-electron chi connectivity index (χ1n) is 7.82. The molecule has 6 nitrogen and oxygen atoms in total. The fourth-order valence-corrected chi connectivity index (χ4v) is 2.39. The molecular weight excluding hydrogens is 306 g/mol. The minimum Gasteiger partial charge on any atom is -0.748 e. The van der Waals surface area contributed by atoms with Gasteiger partial charge < -0.3 is 13.8 Å². The highest BCUT2D eigenvalue weighted by atomic mass is 32.2. The molecule has 0 atom stereocenters. The predicted octanol–water partition coefficient (Wildman–Crippen LogP) is 1.76. The van der Waals surface area contributed by atoms with Crippen LogP contribution >= 0.6 is 0 Å². The molecule has 0 saturated carbocycles. The number of likely N-dealkylation sites (N-methyl/N-ethyl adjacent to an activating group) is 1. The number of unbranched alkanes of at least 4 members (excludes halogenated alkanes) is 2. The van der Waals surface area contributed by atoms with E-state index in [0.717, 1.165) is 19.4 Å². The molecule has 0 radical (unpaired) electrons. The number of hydrogen-bond acceptors (Lipinski definition) is 5. The Morgan fingerprint density at radius 1 is 1.14 bits per heavy atom. The van der Waals surface area contributed by atoms with Crippen LogP contribution in [0.2, 0.25) is 0 Å². The van der Waals surface area contributed by atoms with E-state index in [9.17, 15) is 17.8 Å². The van der Waals surface area contributed by atoms with Crippen molar-refractivity contribution < 1.29 is 27.0 Å². The topological polar surface area (TPSA) is 83.5 Å². The van der Waals surface area contributed by atoms with Crippen LogP contribution in [0.25, 0.3) is 0 Å². The molecule has 0 spiro atoms. The first-order chi connectivity index (χ1) is 9.90. The second-order valence-electron chi connectivity index (χ2n) is 7.08. The van der Waals surface area contributed by atoms with Gasteiger partial charge in [0.05, 0.1) is 36.2 Å². The minimum atomic E-state index is -4.09. The third-order valence-corrected chi connectivity index (χ3v) is 4.81. The van der Waals surface area contributed by atoms with E-state index in [4.69, 9.17) is 4.74 Å². The van der Waals surface area contributed by atoms with E-state index in [1.54, 1.807) is 0 Å². The number of hydrogen-bond donors (Lipinski definition) is 0. The molecule has 7 heteroatoms. The van der Waals surface area contributed by atoms with Gasteiger partial charge in [-0.3, -0.25) is 4.79 Å². The highest BCUT2D eigenvalue weighted by Gasteiger charge is 2.27. The number of quaternary nitrogens is 1. The van der Waals surface area contributed by atoms with E-state index >= 15 is 0 Å². The molecule has 0 heterocycles. The SMILES string of the molecule is CCC(C)(C)C(=O)OCC[N+](C)(C)CCCCCS(=O)(=O)[O-]. The lowest BCUT2D eigenvalue weighted by atomic mass is 9.91. The zero-order valence-electron chi connectivity index (χ0n) is 14.6. The van der Waals surface area contributed by atoms with Crippen molar-refractivity contribution in [1.82, 2.24) is 0 Å². The zero-order valence-corrected chi connectivity index (χ0v) is 15.4. The lowest BCUT2D eigenvalue weighted by Crippen LogP contribution is -2.43. The average molecular weight is 337 g/mol. The van der Waals surface area contributed by atoms with Crippen molar-refractivity contribution in [3.8, 4) is 0 Å². The summed E-state index contributed by atoms with van der Waals surface area (Å²) in [4.78, 5) is 11.9. The Morgan fingerprint density at radius 3 is 2.23 bits per heavy atom. The molecule has 22 heavy (non-hydrogen) atoms. The number of esters is 1. The summed E-state index contributed by atoms with van der Waals surface area (Å²) in [5.74, 6) is -0.458. The van der Waals surface area contributed by atoms with Crippen LogP contribution in [0.4, 0.5) is 0 Å². The van der Waals surface area contributed by atoms with Gasteiger partial charge in [-0.05, 0) is 39.5 Å². The van der Waals surface area contributed by atoms with Crippen molar-refractivity contribution in [1.29, 1.82) is 0 Å². The van der Waals surface area contributed by atoms with Gasteiger partial charge in [-0.15, -0.1) is 0 Å². The summed E-state index contributed by atoms with van der Waals surface area (Å²) in [5.41, 5.74) is -0.443. The molecule has 0 unspecified atom stereocenters. The second kappa shape index (κ2) is 8.84. The summed E-state index contributed by atoms with van der Waals surface area (Å²) in [5, 5.41) is 0. The maximum absolute atomic E-state index is 11.9. The predicted molar refractivity (Wildman–Crippen MR) is 85.3 cm³/mol. The molecule has 0 bridgehead atoms. The van der Waals surface area contributed by atoms with E-state index < -0.39 is 15.5 Å². The molecule has 0 saturated heterocycles. The van der Waals surface area contributed by atoms with Crippen molar-refractivity contribution in [2.75, 3.05) is 39.5 Å². The fraction of sp³-hybridized carbons (Fsp3) is 0.933. The highest BCUT2D eigenvalue weighted by molar-refractivity contribution is 7.85. The van der Waals surface area contributed by atoms with E-state index in [1.807, 2.05) is 34.9 Å². The van der Waals surface area contributed by atoms with Crippen LogP contribution in [0.15, 0.2) is 0 Å². The van der Waals surface area contributed by atoms with Crippen LogP contribution in [0.3, 0.4) is 0 Å². The number of ether oxygens (including phenoxy) is 1. The number of rotatable bonds is 11. The Hall–Kier alpha value is -0.660. The first kappa shape index (κ1) is 21.3. The molecule has 0 aliphatic carbocycles. The number of carbonyl (C=O) groups is 1. The van der Waals surface area contributed by atoms with E-state index in [1.165, 1.54) is 0 Å². The summed E-state index contributed by atoms with van der Waals surface area (Å²) in [6.07, 6.45) is 2.71. The average Bonchev–Trinajstić information content (AvgIpc) is 2.36. The molecule has 132 valence electrons. The first-order valence-corrected chi connectivity index (χ1v) is 9.40. The standard InChI is InChI=1S/C15H31NO5S/c1-6-15(2,3)14(17)21-12-11-16(4,5)10-8-7-9-13-22(18,19)20/h6-13H2,1-5H3. The van der Waals surface area contributed by atoms with Crippen molar-refractivity contribution in [2.45, 2.75) is 46.5 Å². The van der Waals surface area contributed by atoms with Crippen molar-refractivity contribution >= 4 is 16.1 Å². The number of nitrogens with zero attached hydrogens (tertiary/aromatic N) is 1. The molecular formula is C15H31NO5S. The van der Waals surface area contributed by atoms with Gasteiger partial charge in [-0.2, -0.15) is 0 Å². The monoisotopic (exact) mass is 337 g/mol. The van der Waals surface area contributed by atoms with Crippen LogP contribution in [0.1, 0.15) is 46.5 Å². The Morgan fingerprint density at radius 2 is 1.73 bits per heavy atom. The zero-order chi connectivity index (χ0) is 17.4. The lowest BCUT2D eigenvalue weighted by Gasteiger charge is -2.30. The summed E-state index contributed by atoms with van der Waals surface area (Å²) >= 11 is 0. The molecule has 0 aromatic heterocycles. The van der Waals surface area contributed by atoms with Crippen molar-refractivity contribution in [3.63, 3.8) is 0 Å². The molecule has 0 N–H and O–H groups in total. The van der Waals surface area contributed by atoms with Crippen LogP contribution in [-0.2, 0) is 19.6 Å². The van der Waals surface area contributed by atoms with Gasteiger partial charge in [0.15, 0.2) is 0 Å². The molecule has 0 amide bonds. The van der Waals surface area contributed by atoms with Gasteiger partial charge >= 0.3 is 5.97 Å². The molecule has 0 aliphatic heterocycles. The van der Waals surface area contributed by atoms with Gasteiger partial charge in [-0.25, -0.2) is 8.42 Å². The van der Waals surface area contributed by atoms with Crippen molar-refractivity contribution in [3.05, 3.63) is 0 Å². The number of carbonyl (C=O) groups excluding carboxylic acids is 1. The van der Waals surface area contributed by atoms with Gasteiger partial charge in [0.2, 0.25) is 0 Å². The molecule has 0 aromatic carbocycles. The van der Waals surface area contributed by atoms with E-state index in [0.29, 0.717) is 30.5 Å². The summed E-state index contributed by atoms with van der Waals surface area (Å²) < 4.78 is 37.5. The second-order valence-corrected chi connectivity index (χ2v) is 8.60. The summed E-state index contributed by atoms with van der Waals surface area (Å²) in [7, 11) is -0.00338. The largest absolute Gasteiger partial charge is 0.748 e. The van der Waals surface area contributed by atoms with E-state index in [-0.39, 0.29) is 11.7 Å². The summed E-state index contributed by atoms with van der Waals surface area (Å²) in [6.45, 7) is 7.66. The fourth-order valence-electron chi connectivity index (χ4n) is 1.83. The third kappa shape index (κ3) is 10.1. The maximum atomic E-state index is 11.9. The van der Waals surface area contributed by atoms with Gasteiger partial charge in [0.25, 0.3) is 0 Å². The lowest BCUT2D eigenvalue weighted by molar-refractivity contribution is -0.890. The van der Waals surface area contributed by atoms with Gasteiger partial charge in [-0.1, -0.05) is 6.92 Å². The maximum Gasteiger partial charge on any atom is 0.311 e.